The Morgan fingerprint density at radius 2 is 2.19 bits per heavy atom. The molecule has 0 fully saturated rings. The van der Waals surface area contributed by atoms with Crippen molar-refractivity contribution >= 4 is 22.1 Å². The van der Waals surface area contributed by atoms with Gasteiger partial charge in [0.1, 0.15) is 10.3 Å². The van der Waals surface area contributed by atoms with Crippen molar-refractivity contribution in [2.45, 2.75) is 6.54 Å². The fourth-order valence-electron chi connectivity index (χ4n) is 1.66. The lowest BCUT2D eigenvalue weighted by molar-refractivity contribution is 0.691. The maximum Gasteiger partial charge on any atom is 0.183 e. The molecule has 6 heteroatoms. The van der Waals surface area contributed by atoms with E-state index in [1.54, 1.807) is 6.21 Å². The van der Waals surface area contributed by atoms with Crippen LogP contribution in [0.3, 0.4) is 0 Å². The first-order chi connectivity index (χ1) is 7.84. The molecule has 5 nitrogen and oxygen atoms in total. The van der Waals surface area contributed by atoms with E-state index in [-0.39, 0.29) is 0 Å². The van der Waals surface area contributed by atoms with Gasteiger partial charge in [0.2, 0.25) is 0 Å². The lowest BCUT2D eigenvalue weighted by atomic mass is 10.3. The Balaban J connectivity index is 2.14. The number of hydrogen-bond donors (Lipinski definition) is 0. The quantitative estimate of drug-likeness (QED) is 0.743. The van der Waals surface area contributed by atoms with E-state index < -0.39 is 0 Å². The number of halogens is 1. The maximum atomic E-state index is 4.37. The van der Waals surface area contributed by atoms with Crippen LogP contribution in [0.5, 0.6) is 0 Å². The molecule has 0 radical (unpaired) electrons. The molecule has 3 rings (SSSR count). The van der Waals surface area contributed by atoms with Gasteiger partial charge in [-0.15, -0.1) is 10.2 Å². The van der Waals surface area contributed by atoms with Crippen molar-refractivity contribution in [3.05, 3.63) is 28.6 Å². The molecule has 0 spiro atoms. The summed E-state index contributed by atoms with van der Waals surface area (Å²) in [5.41, 5.74) is 0.823. The minimum absolute atomic E-state index is 0.770. The van der Waals surface area contributed by atoms with Gasteiger partial charge >= 0.3 is 0 Å². The van der Waals surface area contributed by atoms with E-state index >= 15 is 0 Å². The number of aliphatic imine (C=N–C) groups is 1. The number of nitrogens with zero attached hydrogens (tertiary/aromatic N) is 5. The standard InChI is InChI=1S/C10H8BrN5/c11-8-3-1-2-7(13-8)10-15-14-9-6-12-4-5-16(9)10/h1-3,6H,4-5H2. The van der Waals surface area contributed by atoms with Crippen LogP contribution in [0.25, 0.3) is 11.5 Å². The number of pyridine rings is 1. The molecule has 2 aromatic heterocycles. The van der Waals surface area contributed by atoms with Crippen LogP contribution in [0.2, 0.25) is 0 Å². The van der Waals surface area contributed by atoms with Crippen molar-refractivity contribution in [1.82, 2.24) is 19.7 Å². The maximum absolute atomic E-state index is 4.37. The average Bonchev–Trinajstić information content (AvgIpc) is 2.72. The molecular weight excluding hydrogens is 270 g/mol. The first-order valence-corrected chi connectivity index (χ1v) is 5.70. The molecule has 0 atom stereocenters. The average molecular weight is 278 g/mol. The van der Waals surface area contributed by atoms with Crippen LogP contribution >= 0.6 is 15.9 Å². The summed E-state index contributed by atoms with van der Waals surface area (Å²) in [6, 6.07) is 5.75. The van der Waals surface area contributed by atoms with Crippen molar-refractivity contribution in [3.8, 4) is 11.5 Å². The summed E-state index contributed by atoms with van der Waals surface area (Å²) in [5, 5.41) is 8.22. The topological polar surface area (TPSA) is 56.0 Å². The number of aromatic nitrogens is 4. The predicted octanol–water partition coefficient (Wildman–Crippen LogP) is 1.54. The molecule has 16 heavy (non-hydrogen) atoms. The van der Waals surface area contributed by atoms with Gasteiger partial charge in [-0.3, -0.25) is 4.99 Å². The number of hydrogen-bond acceptors (Lipinski definition) is 4. The van der Waals surface area contributed by atoms with Crippen LogP contribution in [-0.2, 0) is 6.54 Å². The van der Waals surface area contributed by atoms with E-state index in [9.17, 15) is 0 Å². The Hall–Kier alpha value is -1.56. The first-order valence-electron chi connectivity index (χ1n) is 4.90. The Kier molecular flexibility index (Phi) is 2.28. The summed E-state index contributed by atoms with van der Waals surface area (Å²) in [6.45, 7) is 1.58. The highest BCUT2D eigenvalue weighted by Gasteiger charge is 2.15. The lowest BCUT2D eigenvalue weighted by Gasteiger charge is -2.09. The summed E-state index contributed by atoms with van der Waals surface area (Å²) in [5.74, 6) is 1.59. The van der Waals surface area contributed by atoms with Gasteiger partial charge in [-0.05, 0) is 28.1 Å². The second-order valence-electron chi connectivity index (χ2n) is 3.41. The molecule has 0 aliphatic carbocycles. The third-order valence-corrected chi connectivity index (χ3v) is 2.82. The predicted molar refractivity (Wildman–Crippen MR) is 63.4 cm³/mol. The SMILES string of the molecule is Brc1cccc(-c2nnc3n2CCN=C3)n1. The van der Waals surface area contributed by atoms with E-state index in [1.807, 2.05) is 22.8 Å². The molecule has 0 aromatic carbocycles. The molecule has 0 saturated carbocycles. The summed E-state index contributed by atoms with van der Waals surface area (Å²) >= 11 is 3.35. The summed E-state index contributed by atoms with van der Waals surface area (Å²) < 4.78 is 2.83. The molecule has 80 valence electrons. The summed E-state index contributed by atoms with van der Waals surface area (Å²) in [7, 11) is 0. The van der Waals surface area contributed by atoms with Gasteiger partial charge < -0.3 is 4.57 Å². The minimum atomic E-state index is 0.770. The molecular formula is C10H8BrN5. The van der Waals surface area contributed by atoms with Gasteiger partial charge in [0, 0.05) is 6.54 Å². The van der Waals surface area contributed by atoms with Crippen molar-refractivity contribution < 1.29 is 0 Å². The Labute approximate surface area is 100 Å². The monoisotopic (exact) mass is 277 g/mol. The van der Waals surface area contributed by atoms with E-state index in [0.29, 0.717) is 0 Å². The van der Waals surface area contributed by atoms with Crippen LogP contribution in [0, 0.1) is 0 Å². The molecule has 0 amide bonds. The molecule has 0 N–H and O–H groups in total. The van der Waals surface area contributed by atoms with Crippen LogP contribution in [0.1, 0.15) is 5.82 Å². The van der Waals surface area contributed by atoms with Gasteiger partial charge in [-0.2, -0.15) is 0 Å². The zero-order valence-electron chi connectivity index (χ0n) is 8.34. The normalized spacial score (nSPS) is 13.8. The second kappa shape index (κ2) is 3.79. The molecule has 1 aliphatic rings. The minimum Gasteiger partial charge on any atom is -0.303 e. The molecule has 0 saturated heterocycles. The van der Waals surface area contributed by atoms with Crippen LogP contribution in [-0.4, -0.2) is 32.5 Å². The fourth-order valence-corrected chi connectivity index (χ4v) is 2.00. The van der Waals surface area contributed by atoms with Gasteiger partial charge in [-0.1, -0.05) is 6.07 Å². The molecule has 3 heterocycles. The van der Waals surface area contributed by atoms with Crippen molar-refractivity contribution in [3.63, 3.8) is 0 Å². The van der Waals surface area contributed by atoms with Crippen LogP contribution in [0.4, 0.5) is 0 Å². The molecule has 2 aromatic rings. The highest BCUT2D eigenvalue weighted by molar-refractivity contribution is 9.10. The highest BCUT2D eigenvalue weighted by Crippen LogP contribution is 2.18. The van der Waals surface area contributed by atoms with Crippen molar-refractivity contribution in [2.24, 2.45) is 4.99 Å². The van der Waals surface area contributed by atoms with Crippen LogP contribution < -0.4 is 0 Å². The van der Waals surface area contributed by atoms with E-state index in [4.69, 9.17) is 0 Å². The number of fused-ring (bicyclic) bond motifs is 1. The van der Waals surface area contributed by atoms with Gasteiger partial charge in [0.25, 0.3) is 0 Å². The largest absolute Gasteiger partial charge is 0.303 e. The molecule has 0 unspecified atom stereocenters. The van der Waals surface area contributed by atoms with E-state index in [2.05, 4.69) is 36.1 Å². The van der Waals surface area contributed by atoms with E-state index in [1.165, 1.54) is 0 Å². The Bertz CT molecular complexity index is 560. The third-order valence-electron chi connectivity index (χ3n) is 2.38. The molecule has 0 bridgehead atoms. The van der Waals surface area contributed by atoms with E-state index in [0.717, 1.165) is 35.0 Å². The van der Waals surface area contributed by atoms with Gasteiger partial charge in [0.15, 0.2) is 11.6 Å². The Morgan fingerprint density at radius 3 is 3.06 bits per heavy atom. The fraction of sp³-hybridized carbons (Fsp3) is 0.200. The van der Waals surface area contributed by atoms with Crippen molar-refractivity contribution in [2.75, 3.05) is 6.54 Å². The smallest absolute Gasteiger partial charge is 0.183 e. The summed E-state index contributed by atoms with van der Waals surface area (Å²) in [6.07, 6.45) is 1.75. The zero-order chi connectivity index (χ0) is 11.0. The first kappa shape index (κ1) is 9.65. The third kappa shape index (κ3) is 1.55. The number of rotatable bonds is 1. The Morgan fingerprint density at radius 1 is 1.25 bits per heavy atom. The second-order valence-corrected chi connectivity index (χ2v) is 4.23. The lowest BCUT2D eigenvalue weighted by Crippen LogP contribution is -2.12. The highest BCUT2D eigenvalue weighted by atomic mass is 79.9. The van der Waals surface area contributed by atoms with Crippen molar-refractivity contribution in [1.29, 1.82) is 0 Å². The summed E-state index contributed by atoms with van der Waals surface area (Å²) in [4.78, 5) is 8.54. The molecule has 1 aliphatic heterocycles. The van der Waals surface area contributed by atoms with Gasteiger partial charge in [-0.25, -0.2) is 4.98 Å². The van der Waals surface area contributed by atoms with Gasteiger partial charge in [0.05, 0.1) is 12.8 Å². The zero-order valence-corrected chi connectivity index (χ0v) is 9.92. The van der Waals surface area contributed by atoms with Crippen LogP contribution in [0.15, 0.2) is 27.8 Å².